The lowest BCUT2D eigenvalue weighted by molar-refractivity contribution is -0.118. The van der Waals surface area contributed by atoms with Crippen LogP contribution in [-0.4, -0.2) is 21.5 Å². The molecular formula is C21H24F2N4O. The van der Waals surface area contributed by atoms with Gasteiger partial charge in [-0.25, -0.2) is 13.8 Å². The first-order valence-electron chi connectivity index (χ1n) is 9.26. The van der Waals surface area contributed by atoms with Gasteiger partial charge in [-0.15, -0.1) is 0 Å². The summed E-state index contributed by atoms with van der Waals surface area (Å²) in [5.41, 5.74) is 2.15. The van der Waals surface area contributed by atoms with E-state index in [9.17, 15) is 13.6 Å². The first-order valence-corrected chi connectivity index (χ1v) is 9.26. The second-order valence-corrected chi connectivity index (χ2v) is 7.15. The number of nitrogens with zero attached hydrogens (tertiary/aromatic N) is 2. The third-order valence-corrected chi connectivity index (χ3v) is 4.61. The monoisotopic (exact) mass is 386 g/mol. The number of fused-ring (bicyclic) bond motifs is 1. The molecular weight excluding hydrogens is 362 g/mol. The average molecular weight is 386 g/mol. The second kappa shape index (κ2) is 8.06. The first kappa shape index (κ1) is 19.9. The lowest BCUT2D eigenvalue weighted by atomic mass is 10.2. The topological polar surface area (TPSA) is 59.0 Å². The smallest absolute Gasteiger partial charge is 0.241 e. The Labute approximate surface area is 162 Å². The molecule has 3 rings (SSSR count). The van der Waals surface area contributed by atoms with Gasteiger partial charge in [-0.1, -0.05) is 12.1 Å². The van der Waals surface area contributed by atoms with Crippen LogP contribution in [0.4, 0.5) is 14.5 Å². The van der Waals surface area contributed by atoms with E-state index >= 15 is 0 Å². The molecule has 0 aliphatic rings. The summed E-state index contributed by atoms with van der Waals surface area (Å²) in [5, 5.41) is 5.83. The molecule has 148 valence electrons. The molecule has 2 aromatic carbocycles. The number of rotatable bonds is 6. The van der Waals surface area contributed by atoms with Gasteiger partial charge >= 0.3 is 0 Å². The predicted molar refractivity (Wildman–Crippen MR) is 106 cm³/mol. The second-order valence-electron chi connectivity index (χ2n) is 7.15. The van der Waals surface area contributed by atoms with Crippen molar-refractivity contribution in [3.05, 3.63) is 59.9 Å². The number of carbonyl (C=O) groups excluding carboxylic acids is 1. The highest BCUT2D eigenvalue weighted by Crippen LogP contribution is 2.25. The highest BCUT2D eigenvalue weighted by atomic mass is 19.2. The maximum atomic E-state index is 13.3. The Kier molecular flexibility index (Phi) is 5.74. The van der Waals surface area contributed by atoms with E-state index in [-0.39, 0.29) is 23.7 Å². The van der Waals surface area contributed by atoms with Crippen molar-refractivity contribution in [2.75, 3.05) is 5.32 Å². The van der Waals surface area contributed by atoms with Crippen LogP contribution < -0.4 is 10.6 Å². The number of imidazole rings is 1. The van der Waals surface area contributed by atoms with Crippen molar-refractivity contribution in [3.63, 3.8) is 0 Å². The SMILES string of the molecule is CC(C)n1c([C@@H](C)N[C@H](C)C(=O)Nc2ccc(F)c(F)c2)nc2ccccc21. The number of amides is 1. The zero-order valence-corrected chi connectivity index (χ0v) is 16.3. The molecule has 0 spiro atoms. The van der Waals surface area contributed by atoms with E-state index in [1.54, 1.807) is 6.92 Å². The molecule has 5 nitrogen and oxygen atoms in total. The highest BCUT2D eigenvalue weighted by Gasteiger charge is 2.22. The Bertz CT molecular complexity index is 999. The van der Waals surface area contributed by atoms with Gasteiger partial charge in [0, 0.05) is 17.8 Å². The molecule has 0 saturated carbocycles. The number of hydrogen-bond donors (Lipinski definition) is 2. The van der Waals surface area contributed by atoms with Crippen molar-refractivity contribution < 1.29 is 13.6 Å². The van der Waals surface area contributed by atoms with Crippen LogP contribution in [0.15, 0.2) is 42.5 Å². The molecule has 0 radical (unpaired) electrons. The van der Waals surface area contributed by atoms with E-state index in [0.717, 1.165) is 29.0 Å². The number of carbonyl (C=O) groups is 1. The number of anilines is 1. The highest BCUT2D eigenvalue weighted by molar-refractivity contribution is 5.94. The van der Waals surface area contributed by atoms with Crippen molar-refractivity contribution in [2.45, 2.75) is 45.8 Å². The number of hydrogen-bond acceptors (Lipinski definition) is 3. The molecule has 3 aromatic rings. The molecule has 0 fully saturated rings. The van der Waals surface area contributed by atoms with E-state index in [0.29, 0.717) is 0 Å². The number of aromatic nitrogens is 2. The number of halogens is 2. The van der Waals surface area contributed by atoms with Gasteiger partial charge in [-0.3, -0.25) is 10.1 Å². The molecule has 0 saturated heterocycles. The largest absolute Gasteiger partial charge is 0.325 e. The lowest BCUT2D eigenvalue weighted by Gasteiger charge is -2.22. The summed E-state index contributed by atoms with van der Waals surface area (Å²) in [5.74, 6) is -1.46. The molecule has 2 atom stereocenters. The molecule has 7 heteroatoms. The lowest BCUT2D eigenvalue weighted by Crippen LogP contribution is -2.40. The Morgan fingerprint density at radius 2 is 1.75 bits per heavy atom. The van der Waals surface area contributed by atoms with Gasteiger partial charge in [-0.2, -0.15) is 0 Å². The number of para-hydroxylation sites is 2. The first-order chi connectivity index (χ1) is 13.3. The summed E-state index contributed by atoms with van der Waals surface area (Å²) in [6.07, 6.45) is 0. The van der Waals surface area contributed by atoms with Crippen LogP contribution >= 0.6 is 0 Å². The predicted octanol–water partition coefficient (Wildman–Crippen LogP) is 4.57. The molecule has 0 unspecified atom stereocenters. The van der Waals surface area contributed by atoms with E-state index < -0.39 is 17.7 Å². The summed E-state index contributed by atoms with van der Waals surface area (Å²) < 4.78 is 28.5. The minimum atomic E-state index is -1.00. The average Bonchev–Trinajstić information content (AvgIpc) is 3.04. The third kappa shape index (κ3) is 4.04. The van der Waals surface area contributed by atoms with Crippen LogP contribution in [0.3, 0.4) is 0 Å². The van der Waals surface area contributed by atoms with Crippen molar-refractivity contribution >= 4 is 22.6 Å². The van der Waals surface area contributed by atoms with Crippen molar-refractivity contribution in [2.24, 2.45) is 0 Å². The van der Waals surface area contributed by atoms with E-state index in [1.165, 1.54) is 6.07 Å². The minimum absolute atomic E-state index is 0.194. The number of benzene rings is 2. The molecule has 0 aliphatic heterocycles. The van der Waals surface area contributed by atoms with Crippen LogP contribution in [0.1, 0.15) is 45.6 Å². The summed E-state index contributed by atoms with van der Waals surface area (Å²) in [6.45, 7) is 7.84. The normalized spacial score (nSPS) is 13.7. The van der Waals surface area contributed by atoms with Gasteiger partial charge in [0.1, 0.15) is 5.82 Å². The van der Waals surface area contributed by atoms with Crippen molar-refractivity contribution in [1.82, 2.24) is 14.9 Å². The van der Waals surface area contributed by atoms with Gasteiger partial charge in [0.2, 0.25) is 5.91 Å². The van der Waals surface area contributed by atoms with Gasteiger partial charge in [0.15, 0.2) is 11.6 Å². The van der Waals surface area contributed by atoms with Crippen LogP contribution in [-0.2, 0) is 4.79 Å². The zero-order chi connectivity index (χ0) is 20.4. The summed E-state index contributed by atoms with van der Waals surface area (Å²) >= 11 is 0. The zero-order valence-electron chi connectivity index (χ0n) is 16.3. The third-order valence-electron chi connectivity index (χ3n) is 4.61. The minimum Gasteiger partial charge on any atom is -0.325 e. The van der Waals surface area contributed by atoms with Crippen molar-refractivity contribution in [1.29, 1.82) is 0 Å². The maximum Gasteiger partial charge on any atom is 0.241 e. The molecule has 1 heterocycles. The Balaban J connectivity index is 1.75. The summed E-state index contributed by atoms with van der Waals surface area (Å²) in [6, 6.07) is 10.6. The van der Waals surface area contributed by atoms with E-state index in [2.05, 4.69) is 29.0 Å². The Morgan fingerprint density at radius 3 is 2.43 bits per heavy atom. The van der Waals surface area contributed by atoms with Crippen LogP contribution in [0.25, 0.3) is 11.0 Å². The van der Waals surface area contributed by atoms with Gasteiger partial charge < -0.3 is 9.88 Å². The quantitative estimate of drug-likeness (QED) is 0.652. The number of nitrogens with one attached hydrogen (secondary N) is 2. The van der Waals surface area contributed by atoms with Crippen LogP contribution in [0, 0.1) is 11.6 Å². The van der Waals surface area contributed by atoms with Crippen LogP contribution in [0.2, 0.25) is 0 Å². The fourth-order valence-corrected chi connectivity index (χ4v) is 3.26. The van der Waals surface area contributed by atoms with Gasteiger partial charge in [-0.05, 0) is 52.0 Å². The summed E-state index contributed by atoms with van der Waals surface area (Å²) in [7, 11) is 0. The standard InChI is InChI=1S/C21H24F2N4O/c1-12(2)27-19-8-6-5-7-18(19)26-20(27)13(3)24-14(4)21(28)25-15-9-10-16(22)17(23)11-15/h5-14,24H,1-4H3,(H,25,28)/t13-,14-/m1/s1. The Hall–Kier alpha value is -2.80. The molecule has 0 aliphatic carbocycles. The van der Waals surface area contributed by atoms with Gasteiger partial charge in [0.25, 0.3) is 0 Å². The molecule has 1 aromatic heterocycles. The van der Waals surface area contributed by atoms with Gasteiger partial charge in [0.05, 0.1) is 23.1 Å². The maximum absolute atomic E-state index is 13.3. The van der Waals surface area contributed by atoms with E-state index in [4.69, 9.17) is 4.98 Å². The van der Waals surface area contributed by atoms with Crippen LogP contribution in [0.5, 0.6) is 0 Å². The summed E-state index contributed by atoms with van der Waals surface area (Å²) in [4.78, 5) is 17.2. The van der Waals surface area contributed by atoms with E-state index in [1.807, 2.05) is 31.2 Å². The fourth-order valence-electron chi connectivity index (χ4n) is 3.26. The molecule has 1 amide bonds. The molecule has 2 N–H and O–H groups in total. The molecule has 28 heavy (non-hydrogen) atoms. The fraction of sp³-hybridized carbons (Fsp3) is 0.333. The Morgan fingerprint density at radius 1 is 1.04 bits per heavy atom. The molecule has 0 bridgehead atoms. The van der Waals surface area contributed by atoms with Crippen molar-refractivity contribution in [3.8, 4) is 0 Å².